The van der Waals surface area contributed by atoms with Crippen LogP contribution in [-0.4, -0.2) is 22.8 Å². The standard InChI is InChI=1S/C28H23N3O2/c1-33-26-13-7-10-22(17-26)27-24(19-31(30-27)25-11-3-2-4-12-25)18-29-28(32)23-15-14-20-8-5-6-9-21(20)16-23/h2-17,19H,18H2,1H3,(H,29,32). The van der Waals surface area contributed by atoms with E-state index in [-0.39, 0.29) is 5.91 Å². The summed E-state index contributed by atoms with van der Waals surface area (Å²) in [5.41, 5.74) is 4.23. The number of rotatable bonds is 6. The second-order valence-electron chi connectivity index (χ2n) is 7.76. The van der Waals surface area contributed by atoms with Gasteiger partial charge in [0.1, 0.15) is 5.75 Å². The van der Waals surface area contributed by atoms with Gasteiger partial charge in [0, 0.05) is 29.4 Å². The van der Waals surface area contributed by atoms with Crippen LogP contribution in [0.4, 0.5) is 0 Å². The Labute approximate surface area is 192 Å². The van der Waals surface area contributed by atoms with Gasteiger partial charge in [0.25, 0.3) is 5.91 Å². The van der Waals surface area contributed by atoms with Gasteiger partial charge >= 0.3 is 0 Å². The van der Waals surface area contributed by atoms with Crippen LogP contribution in [0, 0.1) is 0 Å². The number of fused-ring (bicyclic) bond motifs is 1. The molecule has 5 rings (SSSR count). The van der Waals surface area contributed by atoms with Crippen molar-refractivity contribution in [1.29, 1.82) is 0 Å². The summed E-state index contributed by atoms with van der Waals surface area (Å²) in [6.45, 7) is 0.352. The van der Waals surface area contributed by atoms with Gasteiger partial charge in [-0.25, -0.2) is 4.68 Å². The first-order valence-corrected chi connectivity index (χ1v) is 10.8. The molecule has 1 aromatic heterocycles. The molecule has 0 radical (unpaired) electrons. The van der Waals surface area contributed by atoms with E-state index in [0.717, 1.165) is 39.0 Å². The average Bonchev–Trinajstić information content (AvgIpc) is 3.32. The van der Waals surface area contributed by atoms with Gasteiger partial charge in [-0.2, -0.15) is 5.10 Å². The molecule has 1 amide bonds. The van der Waals surface area contributed by atoms with Crippen LogP contribution < -0.4 is 10.1 Å². The topological polar surface area (TPSA) is 56.1 Å². The molecule has 0 spiro atoms. The number of nitrogens with one attached hydrogen (secondary N) is 1. The minimum absolute atomic E-state index is 0.121. The zero-order valence-corrected chi connectivity index (χ0v) is 18.2. The van der Waals surface area contributed by atoms with Crippen LogP contribution in [-0.2, 0) is 6.54 Å². The van der Waals surface area contributed by atoms with Crippen LogP contribution in [0.15, 0.2) is 103 Å². The smallest absolute Gasteiger partial charge is 0.251 e. The molecule has 0 aliphatic carbocycles. The molecular formula is C28H23N3O2. The van der Waals surface area contributed by atoms with Crippen molar-refractivity contribution in [3.05, 3.63) is 114 Å². The van der Waals surface area contributed by atoms with Crippen LogP contribution in [0.3, 0.4) is 0 Å². The zero-order chi connectivity index (χ0) is 22.6. The molecule has 5 aromatic rings. The van der Waals surface area contributed by atoms with Gasteiger partial charge in [0.05, 0.1) is 18.5 Å². The summed E-state index contributed by atoms with van der Waals surface area (Å²) in [5, 5.41) is 10.0. The molecule has 33 heavy (non-hydrogen) atoms. The molecule has 0 aliphatic heterocycles. The van der Waals surface area contributed by atoms with E-state index >= 15 is 0 Å². The van der Waals surface area contributed by atoms with Gasteiger partial charge in [-0.1, -0.05) is 60.7 Å². The third-order valence-electron chi connectivity index (χ3n) is 5.60. The van der Waals surface area contributed by atoms with E-state index in [2.05, 4.69) is 5.32 Å². The summed E-state index contributed by atoms with van der Waals surface area (Å²) in [4.78, 5) is 12.9. The maximum absolute atomic E-state index is 12.9. The van der Waals surface area contributed by atoms with E-state index in [9.17, 15) is 4.79 Å². The van der Waals surface area contributed by atoms with Crippen LogP contribution >= 0.6 is 0 Å². The van der Waals surface area contributed by atoms with E-state index in [4.69, 9.17) is 9.84 Å². The number of carbonyl (C=O) groups is 1. The average molecular weight is 434 g/mol. The van der Waals surface area contributed by atoms with Gasteiger partial charge in [0.2, 0.25) is 0 Å². The highest BCUT2D eigenvalue weighted by molar-refractivity contribution is 5.98. The second-order valence-corrected chi connectivity index (χ2v) is 7.76. The van der Waals surface area contributed by atoms with Gasteiger partial charge in [0.15, 0.2) is 0 Å². The van der Waals surface area contributed by atoms with Gasteiger partial charge in [-0.15, -0.1) is 0 Å². The Morgan fingerprint density at radius 1 is 0.879 bits per heavy atom. The van der Waals surface area contributed by atoms with Crippen LogP contribution in [0.1, 0.15) is 15.9 Å². The lowest BCUT2D eigenvalue weighted by Gasteiger charge is -2.08. The Kier molecular flexibility index (Phi) is 5.60. The fraction of sp³-hybridized carbons (Fsp3) is 0.0714. The number of hydrogen-bond donors (Lipinski definition) is 1. The molecule has 0 atom stereocenters. The number of amides is 1. The number of ether oxygens (including phenoxy) is 1. The van der Waals surface area contributed by atoms with Crippen molar-refractivity contribution in [2.24, 2.45) is 0 Å². The number of hydrogen-bond acceptors (Lipinski definition) is 3. The molecule has 0 saturated carbocycles. The van der Waals surface area contributed by atoms with Crippen LogP contribution in [0.5, 0.6) is 5.75 Å². The Hall–Kier alpha value is -4.38. The van der Waals surface area contributed by atoms with E-state index in [1.807, 2.05) is 108 Å². The molecule has 0 unspecified atom stereocenters. The number of benzene rings is 4. The minimum Gasteiger partial charge on any atom is -0.497 e. The van der Waals surface area contributed by atoms with Gasteiger partial charge in [-0.3, -0.25) is 4.79 Å². The molecular weight excluding hydrogens is 410 g/mol. The summed E-state index contributed by atoms with van der Waals surface area (Å²) in [5.74, 6) is 0.637. The van der Waals surface area contributed by atoms with Crippen molar-refractivity contribution >= 4 is 16.7 Å². The van der Waals surface area contributed by atoms with Crippen LogP contribution in [0.2, 0.25) is 0 Å². The molecule has 0 fully saturated rings. The highest BCUT2D eigenvalue weighted by Crippen LogP contribution is 2.27. The number of nitrogens with zero attached hydrogens (tertiary/aromatic N) is 2. The van der Waals surface area contributed by atoms with Crippen molar-refractivity contribution < 1.29 is 9.53 Å². The van der Waals surface area contributed by atoms with E-state index in [1.54, 1.807) is 7.11 Å². The largest absolute Gasteiger partial charge is 0.497 e. The lowest BCUT2D eigenvalue weighted by molar-refractivity contribution is 0.0951. The van der Waals surface area contributed by atoms with E-state index in [1.165, 1.54) is 0 Å². The van der Waals surface area contributed by atoms with Gasteiger partial charge in [-0.05, 0) is 47.2 Å². The molecule has 0 bridgehead atoms. The normalized spacial score (nSPS) is 10.8. The first-order valence-electron chi connectivity index (χ1n) is 10.8. The monoisotopic (exact) mass is 433 g/mol. The lowest BCUT2D eigenvalue weighted by Crippen LogP contribution is -2.22. The Bertz CT molecular complexity index is 1420. The molecule has 162 valence electrons. The molecule has 5 heteroatoms. The first-order chi connectivity index (χ1) is 16.2. The lowest BCUT2D eigenvalue weighted by atomic mass is 10.1. The summed E-state index contributed by atoms with van der Waals surface area (Å²) in [7, 11) is 1.65. The summed E-state index contributed by atoms with van der Waals surface area (Å²) < 4.78 is 7.23. The minimum atomic E-state index is -0.121. The highest BCUT2D eigenvalue weighted by Gasteiger charge is 2.15. The molecule has 1 heterocycles. The maximum atomic E-state index is 12.9. The number of para-hydroxylation sites is 1. The van der Waals surface area contributed by atoms with E-state index in [0.29, 0.717) is 12.1 Å². The Morgan fingerprint density at radius 2 is 1.67 bits per heavy atom. The zero-order valence-electron chi connectivity index (χ0n) is 18.2. The van der Waals surface area contributed by atoms with Crippen molar-refractivity contribution in [3.8, 4) is 22.7 Å². The highest BCUT2D eigenvalue weighted by atomic mass is 16.5. The third kappa shape index (κ3) is 4.34. The van der Waals surface area contributed by atoms with Crippen molar-refractivity contribution in [2.75, 3.05) is 7.11 Å². The number of aromatic nitrogens is 2. The molecule has 0 aliphatic rings. The fourth-order valence-corrected chi connectivity index (χ4v) is 3.87. The van der Waals surface area contributed by atoms with Crippen molar-refractivity contribution in [1.82, 2.24) is 15.1 Å². The summed E-state index contributed by atoms with van der Waals surface area (Å²) >= 11 is 0. The fourth-order valence-electron chi connectivity index (χ4n) is 3.87. The quantitative estimate of drug-likeness (QED) is 0.378. The van der Waals surface area contributed by atoms with E-state index < -0.39 is 0 Å². The predicted octanol–water partition coefficient (Wildman–Crippen LogP) is 5.63. The molecule has 5 nitrogen and oxygen atoms in total. The summed E-state index contributed by atoms with van der Waals surface area (Å²) in [6, 6.07) is 31.5. The van der Waals surface area contributed by atoms with Crippen LogP contribution in [0.25, 0.3) is 27.7 Å². The SMILES string of the molecule is COc1cccc(-c2nn(-c3ccccc3)cc2CNC(=O)c2ccc3ccccc3c2)c1. The summed E-state index contributed by atoms with van der Waals surface area (Å²) in [6.07, 6.45) is 1.96. The predicted molar refractivity (Wildman–Crippen MR) is 131 cm³/mol. The molecule has 1 N–H and O–H groups in total. The number of methoxy groups -OCH3 is 1. The first kappa shape index (κ1) is 20.5. The molecule has 4 aromatic carbocycles. The Balaban J connectivity index is 1.45. The Morgan fingerprint density at radius 3 is 2.48 bits per heavy atom. The molecule has 0 saturated heterocycles. The maximum Gasteiger partial charge on any atom is 0.251 e. The van der Waals surface area contributed by atoms with Crippen molar-refractivity contribution in [2.45, 2.75) is 6.54 Å². The second kappa shape index (κ2) is 9.01. The number of carbonyl (C=O) groups excluding carboxylic acids is 1. The van der Waals surface area contributed by atoms with Gasteiger partial charge < -0.3 is 10.1 Å². The third-order valence-corrected chi connectivity index (χ3v) is 5.60. The van der Waals surface area contributed by atoms with Crippen molar-refractivity contribution in [3.63, 3.8) is 0 Å².